The van der Waals surface area contributed by atoms with Gasteiger partial charge in [0.05, 0.1) is 14.2 Å². The summed E-state index contributed by atoms with van der Waals surface area (Å²) >= 11 is 0. The van der Waals surface area contributed by atoms with Crippen LogP contribution in [-0.4, -0.2) is 50.8 Å². The van der Waals surface area contributed by atoms with Crippen LogP contribution in [0, 0.1) is 0 Å². The van der Waals surface area contributed by atoms with Gasteiger partial charge in [0.15, 0.2) is 0 Å². The van der Waals surface area contributed by atoms with Gasteiger partial charge in [0.2, 0.25) is 0 Å². The number of carbonyl (C=O) groups excluding carboxylic acids is 3. The van der Waals surface area contributed by atoms with Gasteiger partial charge in [0.1, 0.15) is 12.1 Å². The van der Waals surface area contributed by atoms with Crippen molar-refractivity contribution in [2.75, 3.05) is 20.8 Å². The fourth-order valence-electron chi connectivity index (χ4n) is 1.52. The molecule has 100 valence electrons. The second-order valence-electron chi connectivity index (χ2n) is 3.64. The van der Waals surface area contributed by atoms with Crippen LogP contribution in [0.25, 0.3) is 0 Å². The summed E-state index contributed by atoms with van der Waals surface area (Å²) in [7, 11) is 2.50. The summed E-state index contributed by atoms with van der Waals surface area (Å²) in [5.41, 5.74) is 0. The van der Waals surface area contributed by atoms with E-state index < -0.39 is 30.1 Å². The molecule has 0 unspecified atom stereocenters. The van der Waals surface area contributed by atoms with Crippen molar-refractivity contribution in [3.05, 3.63) is 12.2 Å². The predicted octanol–water partition coefficient (Wildman–Crippen LogP) is -0.838. The topological polar surface area (TPSA) is 90.9 Å². The second-order valence-corrected chi connectivity index (χ2v) is 3.64. The Bertz CT molecular complexity index is 365. The van der Waals surface area contributed by atoms with Gasteiger partial charge in [-0.1, -0.05) is 0 Å². The van der Waals surface area contributed by atoms with Gasteiger partial charge < -0.3 is 19.5 Å². The van der Waals surface area contributed by atoms with Crippen LogP contribution in [0.1, 0.15) is 6.42 Å². The third-order valence-electron chi connectivity index (χ3n) is 2.42. The van der Waals surface area contributed by atoms with Crippen LogP contribution in [0.4, 0.5) is 0 Å². The minimum Gasteiger partial charge on any atom is -0.468 e. The molecular formula is C11H15NO6. The van der Waals surface area contributed by atoms with Crippen LogP contribution >= 0.6 is 0 Å². The highest BCUT2D eigenvalue weighted by Crippen LogP contribution is 2.11. The molecule has 0 radical (unpaired) electrons. The molecule has 1 rings (SSSR count). The van der Waals surface area contributed by atoms with E-state index in [1.807, 2.05) is 0 Å². The number of ether oxygens (including phenoxy) is 3. The number of hydrogen-bond acceptors (Lipinski definition) is 7. The summed E-state index contributed by atoms with van der Waals surface area (Å²) in [5.74, 6) is -1.68. The molecule has 1 fully saturated rings. The highest BCUT2D eigenvalue weighted by Gasteiger charge is 2.31. The zero-order valence-electron chi connectivity index (χ0n) is 10.2. The Balaban J connectivity index is 2.36. The van der Waals surface area contributed by atoms with Crippen LogP contribution in [0.3, 0.4) is 0 Å². The molecule has 1 heterocycles. The van der Waals surface area contributed by atoms with E-state index in [1.165, 1.54) is 14.2 Å². The normalized spacial score (nSPS) is 22.8. The SMILES string of the molecule is COC(=O)/C=C/C(=O)O[C@H]1CN[C@H](C(=O)OC)C1. The summed E-state index contributed by atoms with van der Waals surface area (Å²) < 4.78 is 13.9. The first-order valence-electron chi connectivity index (χ1n) is 5.34. The highest BCUT2D eigenvalue weighted by molar-refractivity contribution is 5.91. The lowest BCUT2D eigenvalue weighted by atomic mass is 10.2. The number of carbonyl (C=O) groups is 3. The molecule has 0 amide bonds. The van der Waals surface area contributed by atoms with E-state index >= 15 is 0 Å². The molecular weight excluding hydrogens is 242 g/mol. The van der Waals surface area contributed by atoms with Crippen molar-refractivity contribution in [3.63, 3.8) is 0 Å². The molecule has 0 aromatic carbocycles. The number of hydrogen-bond donors (Lipinski definition) is 1. The summed E-state index contributed by atoms with van der Waals surface area (Å²) in [5, 5.41) is 2.87. The van der Waals surface area contributed by atoms with Gasteiger partial charge in [0.25, 0.3) is 0 Å². The van der Waals surface area contributed by atoms with Crippen LogP contribution < -0.4 is 5.32 Å². The van der Waals surface area contributed by atoms with Crippen molar-refractivity contribution in [1.29, 1.82) is 0 Å². The van der Waals surface area contributed by atoms with Crippen LogP contribution in [0.5, 0.6) is 0 Å². The molecule has 1 aliphatic rings. The van der Waals surface area contributed by atoms with Gasteiger partial charge in [-0.2, -0.15) is 0 Å². The van der Waals surface area contributed by atoms with E-state index in [0.29, 0.717) is 13.0 Å². The average molecular weight is 257 g/mol. The minimum absolute atomic E-state index is 0.352. The molecule has 0 aliphatic carbocycles. The molecule has 1 aliphatic heterocycles. The van der Waals surface area contributed by atoms with Crippen molar-refractivity contribution in [1.82, 2.24) is 5.32 Å². The third-order valence-corrected chi connectivity index (χ3v) is 2.42. The van der Waals surface area contributed by atoms with Gasteiger partial charge in [-0.3, -0.25) is 4.79 Å². The monoisotopic (exact) mass is 257 g/mol. The predicted molar refractivity (Wildman–Crippen MR) is 59.5 cm³/mol. The first-order valence-corrected chi connectivity index (χ1v) is 5.34. The molecule has 0 spiro atoms. The minimum atomic E-state index is -0.655. The fourth-order valence-corrected chi connectivity index (χ4v) is 1.52. The maximum Gasteiger partial charge on any atom is 0.331 e. The van der Waals surface area contributed by atoms with Crippen molar-refractivity contribution in [2.24, 2.45) is 0 Å². The van der Waals surface area contributed by atoms with Gasteiger partial charge in [-0.25, -0.2) is 9.59 Å². The molecule has 18 heavy (non-hydrogen) atoms. The Morgan fingerprint density at radius 2 is 1.78 bits per heavy atom. The first kappa shape index (κ1) is 14.2. The molecule has 0 bridgehead atoms. The van der Waals surface area contributed by atoms with Gasteiger partial charge >= 0.3 is 17.9 Å². The summed E-state index contributed by atoms with van der Waals surface area (Å²) in [6.45, 7) is 0.373. The summed E-state index contributed by atoms with van der Waals surface area (Å²) in [6.07, 6.45) is 1.90. The largest absolute Gasteiger partial charge is 0.468 e. The maximum absolute atomic E-state index is 11.3. The summed E-state index contributed by atoms with van der Waals surface area (Å²) in [4.78, 5) is 33.2. The van der Waals surface area contributed by atoms with E-state index in [-0.39, 0.29) is 0 Å². The lowest BCUT2D eigenvalue weighted by Gasteiger charge is -2.09. The molecule has 7 heteroatoms. The zero-order valence-corrected chi connectivity index (χ0v) is 10.2. The van der Waals surface area contributed by atoms with E-state index in [4.69, 9.17) is 4.74 Å². The standard InChI is InChI=1S/C11H15NO6/c1-16-9(13)3-4-10(14)18-7-5-8(12-6-7)11(15)17-2/h3-4,7-8,12H,5-6H2,1-2H3/b4-3+/t7-,8+/m1/s1. The van der Waals surface area contributed by atoms with Crippen molar-refractivity contribution >= 4 is 17.9 Å². The lowest BCUT2D eigenvalue weighted by Crippen LogP contribution is -2.31. The Kier molecular flexibility index (Phi) is 5.31. The Hall–Kier alpha value is -1.89. The smallest absolute Gasteiger partial charge is 0.331 e. The quantitative estimate of drug-likeness (QED) is 0.399. The highest BCUT2D eigenvalue weighted by atomic mass is 16.5. The van der Waals surface area contributed by atoms with Crippen LogP contribution in [-0.2, 0) is 28.6 Å². The molecule has 1 N–H and O–H groups in total. The third kappa shape index (κ3) is 4.17. The van der Waals surface area contributed by atoms with E-state index in [1.54, 1.807) is 0 Å². The maximum atomic E-state index is 11.3. The van der Waals surface area contributed by atoms with Gasteiger partial charge in [-0.05, 0) is 0 Å². The number of rotatable bonds is 4. The van der Waals surface area contributed by atoms with E-state index in [0.717, 1.165) is 12.2 Å². The van der Waals surface area contributed by atoms with Crippen molar-refractivity contribution in [2.45, 2.75) is 18.6 Å². The molecule has 1 saturated heterocycles. The van der Waals surface area contributed by atoms with Crippen LogP contribution in [0.2, 0.25) is 0 Å². The van der Waals surface area contributed by atoms with Crippen molar-refractivity contribution in [3.8, 4) is 0 Å². The number of methoxy groups -OCH3 is 2. The zero-order chi connectivity index (χ0) is 13.5. The number of nitrogens with one attached hydrogen (secondary N) is 1. The summed E-state index contributed by atoms with van der Waals surface area (Å²) in [6, 6.07) is -0.461. The Morgan fingerprint density at radius 1 is 1.11 bits per heavy atom. The van der Waals surface area contributed by atoms with Gasteiger partial charge in [-0.15, -0.1) is 0 Å². The van der Waals surface area contributed by atoms with E-state index in [9.17, 15) is 14.4 Å². The Morgan fingerprint density at radius 3 is 2.39 bits per heavy atom. The average Bonchev–Trinajstić information content (AvgIpc) is 2.83. The first-order chi connectivity index (χ1) is 8.56. The second kappa shape index (κ2) is 6.75. The lowest BCUT2D eigenvalue weighted by molar-refractivity contribution is -0.145. The van der Waals surface area contributed by atoms with Crippen molar-refractivity contribution < 1.29 is 28.6 Å². The number of esters is 3. The van der Waals surface area contributed by atoms with Gasteiger partial charge in [0, 0.05) is 25.1 Å². The van der Waals surface area contributed by atoms with E-state index in [2.05, 4.69) is 14.8 Å². The fraction of sp³-hybridized carbons (Fsp3) is 0.545. The molecule has 7 nitrogen and oxygen atoms in total. The van der Waals surface area contributed by atoms with Crippen LogP contribution in [0.15, 0.2) is 12.2 Å². The molecule has 0 aromatic rings. The Labute approximate surface area is 104 Å². The molecule has 2 atom stereocenters. The molecule has 0 aromatic heterocycles. The molecule has 0 saturated carbocycles.